The molecule has 17 heavy (non-hydrogen) atoms. The van der Waals surface area contributed by atoms with Gasteiger partial charge in [-0.2, -0.15) is 0 Å². The zero-order valence-corrected chi connectivity index (χ0v) is 12.2. The number of Topliss-reactive ketones (excluding diaryl/α,β-unsaturated/α-hetero) is 1. The molecule has 0 N–H and O–H groups in total. The molecule has 1 rings (SSSR count). The number of rotatable bonds is 5. The second-order valence-corrected chi connectivity index (χ2v) is 6.58. The van der Waals surface area contributed by atoms with Crippen molar-refractivity contribution in [1.82, 2.24) is 9.88 Å². The summed E-state index contributed by atoms with van der Waals surface area (Å²) in [5, 5.41) is 3.18. The first kappa shape index (κ1) is 14.3. The second kappa shape index (κ2) is 5.74. The highest BCUT2D eigenvalue weighted by atomic mass is 32.1. The van der Waals surface area contributed by atoms with Gasteiger partial charge >= 0.3 is 0 Å². The molecule has 0 fully saturated rings. The third-order valence-electron chi connectivity index (χ3n) is 2.66. The Kier molecular flexibility index (Phi) is 4.83. The van der Waals surface area contributed by atoms with Gasteiger partial charge in [0.25, 0.3) is 0 Å². The topological polar surface area (TPSA) is 33.2 Å². The van der Waals surface area contributed by atoms with E-state index in [4.69, 9.17) is 0 Å². The van der Waals surface area contributed by atoms with Crippen molar-refractivity contribution in [3.63, 3.8) is 0 Å². The summed E-state index contributed by atoms with van der Waals surface area (Å²) in [4.78, 5) is 18.4. The molecule has 0 saturated heterocycles. The van der Waals surface area contributed by atoms with Gasteiger partial charge in [-0.3, -0.25) is 4.79 Å². The molecule has 0 unspecified atom stereocenters. The van der Waals surface area contributed by atoms with Gasteiger partial charge in [-0.05, 0) is 14.0 Å². The molecular formula is C13H22N2OS. The highest BCUT2D eigenvalue weighted by Gasteiger charge is 2.20. The summed E-state index contributed by atoms with van der Waals surface area (Å²) in [5.74, 6) is 0.318. The molecule has 4 heteroatoms. The minimum absolute atomic E-state index is 0.224. The number of hydrogen-bond donors (Lipinski definition) is 0. The van der Waals surface area contributed by atoms with Crippen LogP contribution in [0.15, 0.2) is 5.38 Å². The van der Waals surface area contributed by atoms with E-state index in [-0.39, 0.29) is 5.41 Å². The maximum Gasteiger partial charge on any atom is 0.139 e. The Morgan fingerprint density at radius 3 is 2.59 bits per heavy atom. The lowest BCUT2D eigenvalue weighted by molar-refractivity contribution is -0.126. The first-order valence-corrected chi connectivity index (χ1v) is 6.80. The number of thiazole rings is 1. The molecule has 3 nitrogen and oxygen atoms in total. The Bertz CT molecular complexity index is 379. The SMILES string of the molecule is Cc1nc(CN(C)CCC(=O)C(C)(C)C)cs1. The van der Waals surface area contributed by atoms with Gasteiger partial charge < -0.3 is 4.90 Å². The minimum atomic E-state index is -0.224. The number of nitrogens with zero attached hydrogens (tertiary/aromatic N) is 2. The normalized spacial score (nSPS) is 12.1. The van der Waals surface area contributed by atoms with E-state index in [9.17, 15) is 4.79 Å². The van der Waals surface area contributed by atoms with Crippen molar-refractivity contribution >= 4 is 17.1 Å². The molecule has 1 heterocycles. The highest BCUT2D eigenvalue weighted by Crippen LogP contribution is 2.17. The lowest BCUT2D eigenvalue weighted by Gasteiger charge is -2.20. The zero-order chi connectivity index (χ0) is 13.1. The van der Waals surface area contributed by atoms with Crippen LogP contribution in [0.5, 0.6) is 0 Å². The van der Waals surface area contributed by atoms with Gasteiger partial charge in [0.15, 0.2) is 0 Å². The average molecular weight is 254 g/mol. The molecule has 0 amide bonds. The molecule has 96 valence electrons. The van der Waals surface area contributed by atoms with Crippen molar-refractivity contribution in [1.29, 1.82) is 0 Å². The number of carbonyl (C=O) groups excluding carboxylic acids is 1. The Labute approximate surface area is 108 Å². The Balaban J connectivity index is 2.36. The first-order chi connectivity index (χ1) is 7.79. The molecule has 0 aliphatic carbocycles. The largest absolute Gasteiger partial charge is 0.300 e. The van der Waals surface area contributed by atoms with Crippen LogP contribution in [0.3, 0.4) is 0 Å². The highest BCUT2D eigenvalue weighted by molar-refractivity contribution is 7.09. The van der Waals surface area contributed by atoms with Crippen molar-refractivity contribution in [2.24, 2.45) is 5.41 Å². The van der Waals surface area contributed by atoms with Crippen molar-refractivity contribution < 1.29 is 4.79 Å². The predicted molar refractivity (Wildman–Crippen MR) is 72.3 cm³/mol. The molecule has 0 aromatic carbocycles. The maximum absolute atomic E-state index is 11.8. The predicted octanol–water partition coefficient (Wildman–Crippen LogP) is 2.89. The van der Waals surface area contributed by atoms with Gasteiger partial charge in [-0.1, -0.05) is 20.8 Å². The third-order valence-corrected chi connectivity index (χ3v) is 3.48. The first-order valence-electron chi connectivity index (χ1n) is 5.92. The van der Waals surface area contributed by atoms with Crippen molar-refractivity contribution in [2.45, 2.75) is 40.7 Å². The van der Waals surface area contributed by atoms with Gasteiger partial charge in [-0.15, -0.1) is 11.3 Å². The van der Waals surface area contributed by atoms with E-state index in [1.54, 1.807) is 11.3 Å². The van der Waals surface area contributed by atoms with Crippen LogP contribution in [0.2, 0.25) is 0 Å². The summed E-state index contributed by atoms with van der Waals surface area (Å²) >= 11 is 1.67. The van der Waals surface area contributed by atoms with Crippen LogP contribution in [-0.4, -0.2) is 29.3 Å². The van der Waals surface area contributed by atoms with Gasteiger partial charge in [0.1, 0.15) is 5.78 Å². The van der Waals surface area contributed by atoms with Crippen LogP contribution in [0, 0.1) is 12.3 Å². The zero-order valence-electron chi connectivity index (χ0n) is 11.4. The molecule has 0 aliphatic rings. The molecule has 0 aliphatic heterocycles. The molecule has 0 bridgehead atoms. The lowest BCUT2D eigenvalue weighted by atomic mass is 9.89. The molecule has 0 radical (unpaired) electrons. The summed E-state index contributed by atoms with van der Waals surface area (Å²) in [6.07, 6.45) is 0.614. The fourth-order valence-electron chi connectivity index (χ4n) is 1.50. The minimum Gasteiger partial charge on any atom is -0.300 e. The van der Waals surface area contributed by atoms with Crippen LogP contribution in [0.25, 0.3) is 0 Å². The second-order valence-electron chi connectivity index (χ2n) is 5.52. The Hall–Kier alpha value is -0.740. The number of carbonyl (C=O) groups is 1. The van der Waals surface area contributed by atoms with E-state index in [0.29, 0.717) is 12.2 Å². The number of aromatic nitrogens is 1. The van der Waals surface area contributed by atoms with Crippen molar-refractivity contribution in [3.05, 3.63) is 16.1 Å². The van der Waals surface area contributed by atoms with Crippen LogP contribution in [0.4, 0.5) is 0 Å². The van der Waals surface area contributed by atoms with Gasteiger partial charge in [0, 0.05) is 30.3 Å². The van der Waals surface area contributed by atoms with Crippen LogP contribution >= 0.6 is 11.3 Å². The van der Waals surface area contributed by atoms with Crippen molar-refractivity contribution in [3.8, 4) is 0 Å². The third kappa shape index (κ3) is 4.96. The summed E-state index contributed by atoms with van der Waals surface area (Å²) in [6.45, 7) is 9.54. The summed E-state index contributed by atoms with van der Waals surface area (Å²) in [6, 6.07) is 0. The number of ketones is 1. The fourth-order valence-corrected chi connectivity index (χ4v) is 2.11. The fraction of sp³-hybridized carbons (Fsp3) is 0.692. The van der Waals surface area contributed by atoms with Crippen LogP contribution in [0.1, 0.15) is 37.9 Å². The molecule has 0 saturated carbocycles. The van der Waals surface area contributed by atoms with E-state index in [1.807, 2.05) is 34.7 Å². The standard InChI is InChI=1S/C13H22N2OS/c1-10-14-11(9-17-10)8-15(5)7-6-12(16)13(2,3)4/h9H,6-8H2,1-5H3. The van der Waals surface area contributed by atoms with Gasteiger partial charge in [-0.25, -0.2) is 4.98 Å². The molecule has 0 spiro atoms. The van der Waals surface area contributed by atoms with Crippen LogP contribution < -0.4 is 0 Å². The Morgan fingerprint density at radius 2 is 2.12 bits per heavy atom. The maximum atomic E-state index is 11.8. The monoisotopic (exact) mass is 254 g/mol. The van der Waals surface area contributed by atoms with Crippen LogP contribution in [-0.2, 0) is 11.3 Å². The molecular weight excluding hydrogens is 232 g/mol. The average Bonchev–Trinajstić information content (AvgIpc) is 2.58. The van der Waals surface area contributed by atoms with E-state index in [2.05, 4.69) is 15.3 Å². The van der Waals surface area contributed by atoms with Gasteiger partial charge in [0.05, 0.1) is 10.7 Å². The Morgan fingerprint density at radius 1 is 1.47 bits per heavy atom. The number of hydrogen-bond acceptors (Lipinski definition) is 4. The molecule has 1 aromatic rings. The number of aryl methyl sites for hydroxylation is 1. The van der Waals surface area contributed by atoms with Gasteiger partial charge in [0.2, 0.25) is 0 Å². The van der Waals surface area contributed by atoms with E-state index >= 15 is 0 Å². The summed E-state index contributed by atoms with van der Waals surface area (Å²) in [5.41, 5.74) is 0.871. The molecule has 1 aromatic heterocycles. The van der Waals surface area contributed by atoms with E-state index < -0.39 is 0 Å². The summed E-state index contributed by atoms with van der Waals surface area (Å²) in [7, 11) is 2.03. The van der Waals surface area contributed by atoms with Crippen molar-refractivity contribution in [2.75, 3.05) is 13.6 Å². The van der Waals surface area contributed by atoms with E-state index in [0.717, 1.165) is 23.8 Å². The molecule has 0 atom stereocenters. The van der Waals surface area contributed by atoms with E-state index in [1.165, 1.54) is 0 Å². The lowest BCUT2D eigenvalue weighted by Crippen LogP contribution is -2.27. The summed E-state index contributed by atoms with van der Waals surface area (Å²) < 4.78 is 0. The smallest absolute Gasteiger partial charge is 0.139 e. The quantitative estimate of drug-likeness (QED) is 0.810.